The molecule has 3 rings (SSSR count). The Hall–Kier alpha value is -3.08. The number of ether oxygens (including phenoxy) is 1. The Morgan fingerprint density at radius 3 is 1.66 bits per heavy atom. The molecule has 3 fully saturated rings. The summed E-state index contributed by atoms with van der Waals surface area (Å²) in [5, 5.41) is 11.1. The molecule has 44 heavy (non-hydrogen) atoms. The van der Waals surface area contributed by atoms with Gasteiger partial charge in [-0.1, -0.05) is 130 Å². The Kier molecular flexibility index (Phi) is 10.9. The van der Waals surface area contributed by atoms with Crippen LogP contribution in [0.1, 0.15) is 94.9 Å². The van der Waals surface area contributed by atoms with Crippen molar-refractivity contribution in [3.8, 4) is 0 Å². The lowest BCUT2D eigenvalue weighted by atomic mass is 9.61. The Morgan fingerprint density at radius 1 is 0.682 bits per heavy atom. The molecule has 4 atom stereocenters. The highest BCUT2D eigenvalue weighted by molar-refractivity contribution is 6.01. The average molecular weight is 599 g/mol. The van der Waals surface area contributed by atoms with Crippen LogP contribution < -0.4 is 0 Å². The second kappa shape index (κ2) is 13.5. The fraction of sp³-hybridized carbons (Fsp3) is 0.500. The monoisotopic (exact) mass is 598 g/mol. The second-order valence-corrected chi connectivity index (χ2v) is 14.9. The Labute approximate surface area is 266 Å². The molecule has 0 aromatic heterocycles. The van der Waals surface area contributed by atoms with E-state index in [1.165, 1.54) is 0 Å². The molecule has 0 radical (unpaired) electrons. The zero-order valence-corrected chi connectivity index (χ0v) is 28.7. The van der Waals surface area contributed by atoms with Crippen molar-refractivity contribution in [2.45, 2.75) is 112 Å². The third-order valence-electron chi connectivity index (χ3n) is 10.1. The van der Waals surface area contributed by atoms with E-state index in [1.54, 1.807) is 6.08 Å². The molecule has 1 aliphatic carbocycles. The summed E-state index contributed by atoms with van der Waals surface area (Å²) in [6, 6.07) is 0. The van der Waals surface area contributed by atoms with Gasteiger partial charge in [-0.25, -0.2) is 0 Å². The molecule has 0 aromatic carbocycles. The molecule has 4 heteroatoms. The molecule has 0 amide bonds. The molecule has 1 saturated carbocycles. The van der Waals surface area contributed by atoms with Crippen molar-refractivity contribution in [1.82, 2.24) is 0 Å². The van der Waals surface area contributed by atoms with Crippen molar-refractivity contribution < 1.29 is 19.4 Å². The SMILES string of the molecule is CC(C=CC=C(C)C=CC(=O)C1(C)CC(=O)CC1(C)C)=CC=CC=C(C)C=CC=C(C)C=CC12OC(CC1(C)C)CC2(C)O. The van der Waals surface area contributed by atoms with Gasteiger partial charge in [-0.3, -0.25) is 9.59 Å². The first-order valence-corrected chi connectivity index (χ1v) is 15.9. The molecule has 0 spiro atoms. The van der Waals surface area contributed by atoms with Crippen LogP contribution in [0.4, 0.5) is 0 Å². The number of ketones is 2. The van der Waals surface area contributed by atoms with Gasteiger partial charge < -0.3 is 9.84 Å². The van der Waals surface area contributed by atoms with E-state index in [-0.39, 0.29) is 28.5 Å². The molecule has 2 heterocycles. The van der Waals surface area contributed by atoms with Crippen LogP contribution in [-0.2, 0) is 14.3 Å². The molecular weight excluding hydrogens is 544 g/mol. The number of aliphatic hydroxyl groups is 1. The van der Waals surface area contributed by atoms with Gasteiger partial charge in [0.1, 0.15) is 11.4 Å². The van der Waals surface area contributed by atoms with Gasteiger partial charge in [0.2, 0.25) is 0 Å². The summed E-state index contributed by atoms with van der Waals surface area (Å²) in [5.41, 5.74) is 1.76. The third-order valence-corrected chi connectivity index (χ3v) is 10.1. The third kappa shape index (κ3) is 7.76. The largest absolute Gasteiger partial charge is 0.387 e. The first kappa shape index (κ1) is 35.4. The van der Waals surface area contributed by atoms with Crippen molar-refractivity contribution in [1.29, 1.82) is 0 Å². The van der Waals surface area contributed by atoms with Gasteiger partial charge in [-0.05, 0) is 58.6 Å². The van der Waals surface area contributed by atoms with E-state index in [2.05, 4.69) is 64.2 Å². The minimum atomic E-state index is -0.857. The molecule has 238 valence electrons. The number of hydrogen-bond donors (Lipinski definition) is 1. The molecular formula is C40H54O4. The smallest absolute Gasteiger partial charge is 0.162 e. The van der Waals surface area contributed by atoms with Crippen LogP contribution in [0.2, 0.25) is 0 Å². The standard InChI is InChI=1S/C40H54O4/c1-29(17-13-19-31(3)21-22-35(42)38(9)26-33(41)25-36(38,5)6)15-11-12-16-30(2)18-14-20-32(4)23-24-40-37(7,8)27-34(44-40)28-39(40,10)43/h11-24,34,43H,25-28H2,1-10H3. The minimum absolute atomic E-state index is 0.0209. The van der Waals surface area contributed by atoms with Gasteiger partial charge >= 0.3 is 0 Å². The van der Waals surface area contributed by atoms with Crippen LogP contribution >= 0.6 is 0 Å². The van der Waals surface area contributed by atoms with Gasteiger partial charge in [0.25, 0.3) is 0 Å². The van der Waals surface area contributed by atoms with Crippen LogP contribution in [0.15, 0.2) is 107 Å². The number of rotatable bonds is 11. The fourth-order valence-corrected chi connectivity index (χ4v) is 6.98. The van der Waals surface area contributed by atoms with Crippen molar-refractivity contribution in [3.05, 3.63) is 107 Å². The van der Waals surface area contributed by atoms with Gasteiger partial charge in [-0.15, -0.1) is 0 Å². The predicted molar refractivity (Wildman–Crippen MR) is 183 cm³/mol. The van der Waals surface area contributed by atoms with Crippen molar-refractivity contribution in [3.63, 3.8) is 0 Å². The summed E-state index contributed by atoms with van der Waals surface area (Å²) in [4.78, 5) is 24.9. The number of hydrogen-bond acceptors (Lipinski definition) is 4. The normalized spacial score (nSPS) is 33.1. The second-order valence-electron chi connectivity index (χ2n) is 14.9. The van der Waals surface area contributed by atoms with Crippen LogP contribution in [0.5, 0.6) is 0 Å². The lowest BCUT2D eigenvalue weighted by Crippen LogP contribution is -2.56. The highest BCUT2D eigenvalue weighted by atomic mass is 16.5. The quantitative estimate of drug-likeness (QED) is 0.190. The lowest BCUT2D eigenvalue weighted by Gasteiger charge is -2.46. The lowest BCUT2D eigenvalue weighted by molar-refractivity contribution is -0.128. The molecule has 4 nitrogen and oxygen atoms in total. The van der Waals surface area contributed by atoms with E-state index in [1.807, 2.05) is 84.1 Å². The maximum Gasteiger partial charge on any atom is 0.162 e. The first-order chi connectivity index (χ1) is 20.3. The van der Waals surface area contributed by atoms with Crippen molar-refractivity contribution >= 4 is 11.6 Å². The molecule has 3 aliphatic rings. The number of carbonyl (C=O) groups is 2. The Balaban J connectivity index is 1.50. The van der Waals surface area contributed by atoms with Crippen LogP contribution in [0.3, 0.4) is 0 Å². The van der Waals surface area contributed by atoms with Gasteiger partial charge in [0.15, 0.2) is 5.78 Å². The highest BCUT2D eigenvalue weighted by Gasteiger charge is 2.67. The number of allylic oxidation sites excluding steroid dienone is 17. The molecule has 0 aromatic rings. The van der Waals surface area contributed by atoms with E-state index >= 15 is 0 Å². The van der Waals surface area contributed by atoms with Crippen molar-refractivity contribution in [2.75, 3.05) is 0 Å². The minimum Gasteiger partial charge on any atom is -0.387 e. The number of carbonyl (C=O) groups excluding carboxylic acids is 2. The number of Topliss-reactive ketones (excluding diaryl/α,β-unsaturated/α-hetero) is 1. The summed E-state index contributed by atoms with van der Waals surface area (Å²) in [6.45, 7) is 20.3. The number of fused-ring (bicyclic) bond motifs is 2. The molecule has 2 aliphatic heterocycles. The summed E-state index contributed by atoms with van der Waals surface area (Å²) < 4.78 is 6.30. The topological polar surface area (TPSA) is 63.6 Å². The van der Waals surface area contributed by atoms with Crippen molar-refractivity contribution in [2.24, 2.45) is 16.2 Å². The van der Waals surface area contributed by atoms with Gasteiger partial charge in [0, 0.05) is 30.1 Å². The fourth-order valence-electron chi connectivity index (χ4n) is 6.98. The molecule has 4 unspecified atom stereocenters. The van der Waals surface area contributed by atoms with Crippen LogP contribution in [0, 0.1) is 16.2 Å². The molecule has 2 saturated heterocycles. The van der Waals surface area contributed by atoms with E-state index in [0.717, 1.165) is 28.7 Å². The zero-order valence-electron chi connectivity index (χ0n) is 28.7. The summed E-state index contributed by atoms with van der Waals surface area (Å²) >= 11 is 0. The summed E-state index contributed by atoms with van der Waals surface area (Å²) in [5.74, 6) is 0.189. The van der Waals surface area contributed by atoms with Crippen LogP contribution in [-0.4, -0.2) is 34.0 Å². The molecule has 1 N–H and O–H groups in total. The van der Waals surface area contributed by atoms with E-state index in [4.69, 9.17) is 4.74 Å². The Bertz CT molecular complexity index is 1380. The molecule has 2 bridgehead atoms. The van der Waals surface area contributed by atoms with Crippen LogP contribution in [0.25, 0.3) is 0 Å². The van der Waals surface area contributed by atoms with Gasteiger partial charge in [-0.2, -0.15) is 0 Å². The van der Waals surface area contributed by atoms with E-state index < -0.39 is 16.6 Å². The zero-order chi connectivity index (χ0) is 33.0. The maximum atomic E-state index is 12.9. The Morgan fingerprint density at radius 2 is 1.18 bits per heavy atom. The average Bonchev–Trinajstić information content (AvgIpc) is 3.41. The van der Waals surface area contributed by atoms with E-state index in [9.17, 15) is 14.7 Å². The summed E-state index contributed by atoms with van der Waals surface area (Å²) in [7, 11) is 0. The maximum absolute atomic E-state index is 12.9. The van der Waals surface area contributed by atoms with Gasteiger partial charge in [0.05, 0.1) is 11.7 Å². The van der Waals surface area contributed by atoms with E-state index in [0.29, 0.717) is 19.3 Å². The predicted octanol–water partition coefficient (Wildman–Crippen LogP) is 9.23. The summed E-state index contributed by atoms with van der Waals surface area (Å²) in [6.07, 6.45) is 30.5. The highest BCUT2D eigenvalue weighted by Crippen LogP contribution is 2.60. The first-order valence-electron chi connectivity index (χ1n) is 15.9.